The first-order valence-electron chi connectivity index (χ1n) is 4.89. The molecule has 3 heteroatoms. The summed E-state index contributed by atoms with van der Waals surface area (Å²) in [6.07, 6.45) is 1.33. The van der Waals surface area contributed by atoms with Crippen molar-refractivity contribution in [1.82, 2.24) is 5.32 Å². The Morgan fingerprint density at radius 2 is 2.36 bits per heavy atom. The second kappa shape index (κ2) is 4.20. The molecule has 2 rings (SSSR count). The molecule has 1 aromatic rings. The fourth-order valence-corrected chi connectivity index (χ4v) is 1.89. The molecule has 1 heterocycles. The molecule has 1 aromatic carbocycles. The molecule has 1 unspecified atom stereocenters. The van der Waals surface area contributed by atoms with Gasteiger partial charge in [0.2, 0.25) is 0 Å². The summed E-state index contributed by atoms with van der Waals surface area (Å²) in [6, 6.07) is 5.89. The number of hydrogen-bond donors (Lipinski definition) is 1. The van der Waals surface area contributed by atoms with Gasteiger partial charge in [0.25, 0.3) is 0 Å². The van der Waals surface area contributed by atoms with Crippen LogP contribution in [0.25, 0.3) is 0 Å². The largest absolute Gasteiger partial charge is 0.487 e. The first-order valence-corrected chi connectivity index (χ1v) is 5.27. The molecule has 14 heavy (non-hydrogen) atoms. The summed E-state index contributed by atoms with van der Waals surface area (Å²) < 4.78 is 5.77. The molecule has 0 amide bonds. The van der Waals surface area contributed by atoms with Gasteiger partial charge in [0.15, 0.2) is 0 Å². The summed E-state index contributed by atoms with van der Waals surface area (Å²) in [5.41, 5.74) is 1.16. The van der Waals surface area contributed by atoms with E-state index >= 15 is 0 Å². The summed E-state index contributed by atoms with van der Waals surface area (Å²) in [5.74, 6) is 0.797. The lowest BCUT2D eigenvalue weighted by molar-refractivity contribution is 0.223. The Morgan fingerprint density at radius 3 is 3.00 bits per heavy atom. The summed E-state index contributed by atoms with van der Waals surface area (Å²) in [4.78, 5) is 0. The van der Waals surface area contributed by atoms with Gasteiger partial charge < -0.3 is 10.1 Å². The van der Waals surface area contributed by atoms with Crippen molar-refractivity contribution in [1.29, 1.82) is 0 Å². The number of rotatable bonds is 2. The Balaban J connectivity index is 2.08. The zero-order chi connectivity index (χ0) is 9.97. The molecule has 2 nitrogen and oxygen atoms in total. The van der Waals surface area contributed by atoms with Gasteiger partial charge in [-0.25, -0.2) is 0 Å². The molecule has 0 aliphatic carbocycles. The number of ether oxygens (including phenoxy) is 1. The number of nitrogens with one attached hydrogen (secondary N) is 1. The topological polar surface area (TPSA) is 21.3 Å². The van der Waals surface area contributed by atoms with Crippen LogP contribution in [0.3, 0.4) is 0 Å². The summed E-state index contributed by atoms with van der Waals surface area (Å²) in [7, 11) is 0. The van der Waals surface area contributed by atoms with E-state index in [0.717, 1.165) is 30.8 Å². The summed E-state index contributed by atoms with van der Waals surface area (Å²) in [5, 5.41) is 3.96. The van der Waals surface area contributed by atoms with Gasteiger partial charge in [-0.1, -0.05) is 17.7 Å². The van der Waals surface area contributed by atoms with E-state index in [2.05, 4.69) is 5.32 Å². The first-order chi connectivity index (χ1) is 6.75. The molecule has 0 saturated carbocycles. The number of hydrogen-bond acceptors (Lipinski definition) is 2. The SMILES string of the molecule is Cc1ccc(OC2CCNC2)c(Cl)c1. The van der Waals surface area contributed by atoms with Crippen LogP contribution in [0.5, 0.6) is 5.75 Å². The molecule has 0 bridgehead atoms. The standard InChI is InChI=1S/C11H14ClNO/c1-8-2-3-11(10(12)6-8)14-9-4-5-13-7-9/h2-3,6,9,13H,4-5,7H2,1H3. The normalized spacial score (nSPS) is 21.1. The Hall–Kier alpha value is -0.730. The molecule has 1 fully saturated rings. The van der Waals surface area contributed by atoms with E-state index < -0.39 is 0 Å². The van der Waals surface area contributed by atoms with Crippen molar-refractivity contribution in [2.75, 3.05) is 13.1 Å². The van der Waals surface area contributed by atoms with Gasteiger partial charge in [0.1, 0.15) is 11.9 Å². The molecule has 1 aliphatic rings. The number of benzene rings is 1. The Kier molecular flexibility index (Phi) is 2.94. The highest BCUT2D eigenvalue weighted by molar-refractivity contribution is 6.32. The predicted octanol–water partition coefficient (Wildman–Crippen LogP) is 2.39. The van der Waals surface area contributed by atoms with E-state index in [1.807, 2.05) is 25.1 Å². The Morgan fingerprint density at radius 1 is 1.50 bits per heavy atom. The lowest BCUT2D eigenvalue weighted by Gasteiger charge is -2.13. The van der Waals surface area contributed by atoms with Gasteiger partial charge in [-0.2, -0.15) is 0 Å². The Labute approximate surface area is 89.2 Å². The fraction of sp³-hybridized carbons (Fsp3) is 0.455. The lowest BCUT2D eigenvalue weighted by Crippen LogP contribution is -2.19. The van der Waals surface area contributed by atoms with Crippen LogP contribution in [0, 0.1) is 6.92 Å². The fourth-order valence-electron chi connectivity index (χ4n) is 1.61. The van der Waals surface area contributed by atoms with Crippen molar-refractivity contribution in [3.05, 3.63) is 28.8 Å². The second-order valence-electron chi connectivity index (χ2n) is 3.67. The molecular weight excluding hydrogens is 198 g/mol. The summed E-state index contributed by atoms with van der Waals surface area (Å²) in [6.45, 7) is 3.98. The van der Waals surface area contributed by atoms with Gasteiger partial charge >= 0.3 is 0 Å². The third-order valence-electron chi connectivity index (χ3n) is 2.40. The smallest absolute Gasteiger partial charge is 0.138 e. The average Bonchev–Trinajstić information content (AvgIpc) is 2.62. The van der Waals surface area contributed by atoms with Gasteiger partial charge in [-0.15, -0.1) is 0 Å². The quantitative estimate of drug-likeness (QED) is 0.811. The maximum Gasteiger partial charge on any atom is 0.138 e. The minimum atomic E-state index is 0.273. The highest BCUT2D eigenvalue weighted by Gasteiger charge is 2.16. The van der Waals surface area contributed by atoms with Gasteiger partial charge in [-0.3, -0.25) is 0 Å². The van der Waals surface area contributed by atoms with Crippen molar-refractivity contribution in [3.63, 3.8) is 0 Å². The van der Waals surface area contributed by atoms with Crippen molar-refractivity contribution < 1.29 is 4.74 Å². The van der Waals surface area contributed by atoms with Crippen LogP contribution in [0.2, 0.25) is 5.02 Å². The molecule has 0 aromatic heterocycles. The van der Waals surface area contributed by atoms with E-state index in [0.29, 0.717) is 5.02 Å². The molecule has 0 radical (unpaired) electrons. The van der Waals surface area contributed by atoms with E-state index in [4.69, 9.17) is 16.3 Å². The maximum atomic E-state index is 6.06. The van der Waals surface area contributed by atoms with Crippen LogP contribution in [-0.2, 0) is 0 Å². The highest BCUT2D eigenvalue weighted by Crippen LogP contribution is 2.26. The van der Waals surface area contributed by atoms with Gasteiger partial charge in [-0.05, 0) is 37.6 Å². The molecule has 76 valence electrons. The highest BCUT2D eigenvalue weighted by atomic mass is 35.5. The van der Waals surface area contributed by atoms with Crippen molar-refractivity contribution in [2.45, 2.75) is 19.4 Å². The first kappa shape index (κ1) is 9.81. The van der Waals surface area contributed by atoms with Crippen molar-refractivity contribution in [3.8, 4) is 5.75 Å². The van der Waals surface area contributed by atoms with Crippen LogP contribution in [-0.4, -0.2) is 19.2 Å². The number of halogens is 1. The van der Waals surface area contributed by atoms with Gasteiger partial charge in [0.05, 0.1) is 5.02 Å². The van der Waals surface area contributed by atoms with Crippen LogP contribution in [0.1, 0.15) is 12.0 Å². The molecular formula is C11H14ClNO. The summed E-state index contributed by atoms with van der Waals surface area (Å²) >= 11 is 6.06. The number of aryl methyl sites for hydroxylation is 1. The van der Waals surface area contributed by atoms with Crippen LogP contribution in [0.15, 0.2) is 18.2 Å². The van der Waals surface area contributed by atoms with Crippen LogP contribution in [0.4, 0.5) is 0 Å². The third-order valence-corrected chi connectivity index (χ3v) is 2.69. The average molecular weight is 212 g/mol. The zero-order valence-electron chi connectivity index (χ0n) is 8.22. The van der Waals surface area contributed by atoms with Crippen molar-refractivity contribution >= 4 is 11.6 Å². The molecule has 1 N–H and O–H groups in total. The van der Waals surface area contributed by atoms with Crippen LogP contribution < -0.4 is 10.1 Å². The van der Waals surface area contributed by atoms with Crippen molar-refractivity contribution in [2.24, 2.45) is 0 Å². The molecule has 1 atom stereocenters. The third kappa shape index (κ3) is 2.20. The predicted molar refractivity (Wildman–Crippen MR) is 58.1 cm³/mol. The minimum Gasteiger partial charge on any atom is -0.487 e. The second-order valence-corrected chi connectivity index (χ2v) is 4.07. The molecule has 1 aliphatic heterocycles. The Bertz CT molecular complexity index is 321. The van der Waals surface area contributed by atoms with Gasteiger partial charge in [0, 0.05) is 6.54 Å². The lowest BCUT2D eigenvalue weighted by atomic mass is 10.2. The van der Waals surface area contributed by atoms with E-state index in [-0.39, 0.29) is 6.10 Å². The maximum absolute atomic E-state index is 6.06. The zero-order valence-corrected chi connectivity index (χ0v) is 8.97. The molecule has 1 saturated heterocycles. The monoisotopic (exact) mass is 211 g/mol. The molecule has 0 spiro atoms. The minimum absolute atomic E-state index is 0.273. The van der Waals surface area contributed by atoms with Crippen LogP contribution >= 0.6 is 11.6 Å². The van der Waals surface area contributed by atoms with E-state index in [1.54, 1.807) is 0 Å². The van der Waals surface area contributed by atoms with E-state index in [1.165, 1.54) is 0 Å². The van der Waals surface area contributed by atoms with E-state index in [9.17, 15) is 0 Å².